The monoisotopic (exact) mass is 328 g/mol. The number of carbonyl (C=O) groups is 2. The van der Waals surface area contributed by atoms with Gasteiger partial charge in [0.2, 0.25) is 5.91 Å². The van der Waals surface area contributed by atoms with Crippen LogP contribution < -0.4 is 10.6 Å². The molecule has 1 saturated heterocycles. The first-order valence-corrected chi connectivity index (χ1v) is 6.75. The summed E-state index contributed by atoms with van der Waals surface area (Å²) in [4.78, 5) is 20.2. The van der Waals surface area contributed by atoms with E-state index in [1.54, 1.807) is 0 Å². The van der Waals surface area contributed by atoms with Gasteiger partial charge in [-0.25, -0.2) is 0 Å². The van der Waals surface area contributed by atoms with Crippen LogP contribution in [0, 0.1) is 0 Å². The summed E-state index contributed by atoms with van der Waals surface area (Å²) in [7, 11) is 0. The van der Waals surface area contributed by atoms with E-state index in [1.165, 1.54) is 0 Å². The smallest absolute Gasteiger partial charge is 0.300 e. The fourth-order valence-corrected chi connectivity index (χ4v) is 1.95. The number of carboxylic acid groups (broad SMARTS) is 1. The first-order chi connectivity index (χ1) is 8.97. The van der Waals surface area contributed by atoms with Gasteiger partial charge in [0.15, 0.2) is 0 Å². The van der Waals surface area contributed by atoms with Gasteiger partial charge in [-0.2, -0.15) is 0 Å². The summed E-state index contributed by atoms with van der Waals surface area (Å²) in [6.45, 7) is 1.85. The quantitative estimate of drug-likeness (QED) is 0.777. The van der Waals surface area contributed by atoms with E-state index in [0.717, 1.165) is 30.0 Å². The molecule has 1 aliphatic rings. The third-order valence-electron chi connectivity index (χ3n) is 2.46. The highest BCUT2D eigenvalue weighted by Gasteiger charge is 2.18. The summed E-state index contributed by atoms with van der Waals surface area (Å²) in [6, 6.07) is 8.27. The molecule has 2 rings (SSSR count). The van der Waals surface area contributed by atoms with Crippen LogP contribution in [-0.2, 0) is 9.59 Å². The first-order valence-electron chi connectivity index (χ1n) is 5.95. The second-order valence-electron chi connectivity index (χ2n) is 4.21. The lowest BCUT2D eigenvalue weighted by Crippen LogP contribution is -2.39. The van der Waals surface area contributed by atoms with Crippen LogP contribution in [0.2, 0.25) is 0 Å². The fourth-order valence-electron chi connectivity index (χ4n) is 1.69. The molecule has 0 spiro atoms. The van der Waals surface area contributed by atoms with E-state index in [9.17, 15) is 4.79 Å². The average Bonchev–Trinajstić information content (AvgIpc) is 2.31. The minimum Gasteiger partial charge on any atom is -0.481 e. The minimum absolute atomic E-state index is 0.135. The Bertz CT molecular complexity index is 430. The van der Waals surface area contributed by atoms with E-state index in [1.807, 2.05) is 24.3 Å². The molecule has 1 unspecified atom stereocenters. The summed E-state index contributed by atoms with van der Waals surface area (Å²) >= 11 is 3.39. The number of piperidine rings is 1. The molecule has 1 amide bonds. The summed E-state index contributed by atoms with van der Waals surface area (Å²) in [5, 5.41) is 13.6. The van der Waals surface area contributed by atoms with Gasteiger partial charge in [-0.05, 0) is 30.7 Å². The molecular formula is C13H17BrN2O3. The topological polar surface area (TPSA) is 78.4 Å². The molecule has 0 saturated carbocycles. The van der Waals surface area contributed by atoms with Crippen LogP contribution in [-0.4, -0.2) is 29.6 Å². The molecule has 5 nitrogen and oxygen atoms in total. The van der Waals surface area contributed by atoms with Crippen molar-refractivity contribution in [1.29, 1.82) is 0 Å². The van der Waals surface area contributed by atoms with Gasteiger partial charge in [0.25, 0.3) is 5.97 Å². The molecule has 19 heavy (non-hydrogen) atoms. The van der Waals surface area contributed by atoms with Crippen molar-refractivity contribution in [3.05, 3.63) is 28.7 Å². The Morgan fingerprint density at radius 2 is 2.00 bits per heavy atom. The molecule has 3 N–H and O–H groups in total. The predicted octanol–water partition coefficient (Wildman–Crippen LogP) is 2.23. The average molecular weight is 329 g/mol. The highest BCUT2D eigenvalue weighted by atomic mass is 79.9. The Balaban J connectivity index is 0.000000399. The Kier molecular flexibility index (Phi) is 6.35. The lowest BCUT2D eigenvalue weighted by atomic mass is 10.1. The van der Waals surface area contributed by atoms with E-state index in [2.05, 4.69) is 26.6 Å². The number of halogens is 1. The van der Waals surface area contributed by atoms with Crippen molar-refractivity contribution in [3.63, 3.8) is 0 Å². The van der Waals surface area contributed by atoms with Crippen LogP contribution >= 0.6 is 15.9 Å². The molecule has 1 aromatic carbocycles. The molecule has 6 heteroatoms. The molecule has 0 bridgehead atoms. The van der Waals surface area contributed by atoms with E-state index in [-0.39, 0.29) is 11.9 Å². The van der Waals surface area contributed by atoms with Crippen LogP contribution in [0.1, 0.15) is 19.8 Å². The second kappa shape index (κ2) is 7.78. The van der Waals surface area contributed by atoms with Gasteiger partial charge in [-0.3, -0.25) is 9.59 Å². The number of hydrogen-bond donors (Lipinski definition) is 3. The summed E-state index contributed by atoms with van der Waals surface area (Å²) in [5.41, 5.74) is 1.07. The van der Waals surface area contributed by atoms with Crippen molar-refractivity contribution in [3.8, 4) is 0 Å². The number of carboxylic acids is 1. The molecule has 1 fully saturated rings. The zero-order chi connectivity index (χ0) is 14.3. The van der Waals surface area contributed by atoms with Crippen molar-refractivity contribution < 1.29 is 14.7 Å². The number of anilines is 1. The maximum atomic E-state index is 11.2. The van der Waals surface area contributed by atoms with Crippen molar-refractivity contribution in [2.75, 3.05) is 11.9 Å². The number of benzene rings is 1. The van der Waals surface area contributed by atoms with E-state index < -0.39 is 5.97 Å². The Morgan fingerprint density at radius 1 is 1.42 bits per heavy atom. The number of nitrogens with one attached hydrogen (secondary N) is 2. The molecule has 1 aliphatic heterocycles. The van der Waals surface area contributed by atoms with Gasteiger partial charge in [0.05, 0.1) is 0 Å². The van der Waals surface area contributed by atoms with Gasteiger partial charge in [-0.1, -0.05) is 15.9 Å². The lowest BCUT2D eigenvalue weighted by molar-refractivity contribution is -0.134. The van der Waals surface area contributed by atoms with E-state index in [4.69, 9.17) is 9.90 Å². The van der Waals surface area contributed by atoms with Crippen molar-refractivity contribution >= 4 is 33.5 Å². The van der Waals surface area contributed by atoms with E-state index >= 15 is 0 Å². The Hall–Kier alpha value is -1.56. The highest BCUT2D eigenvalue weighted by Crippen LogP contribution is 2.17. The molecule has 1 atom stereocenters. The number of carbonyl (C=O) groups excluding carboxylic acids is 1. The Morgan fingerprint density at radius 3 is 2.53 bits per heavy atom. The molecular weight excluding hydrogens is 312 g/mol. The van der Waals surface area contributed by atoms with Gasteiger partial charge in [0.1, 0.15) is 0 Å². The minimum atomic E-state index is -0.833. The fraction of sp³-hybridized carbons (Fsp3) is 0.385. The molecule has 1 heterocycles. The van der Waals surface area contributed by atoms with Crippen molar-refractivity contribution in [2.24, 2.45) is 0 Å². The number of rotatable bonds is 2. The van der Waals surface area contributed by atoms with Gasteiger partial charge in [-0.15, -0.1) is 0 Å². The second-order valence-corrected chi connectivity index (χ2v) is 5.13. The van der Waals surface area contributed by atoms with Crippen molar-refractivity contribution in [1.82, 2.24) is 5.32 Å². The summed E-state index contributed by atoms with van der Waals surface area (Å²) in [6.07, 6.45) is 1.55. The first kappa shape index (κ1) is 15.5. The van der Waals surface area contributed by atoms with Gasteiger partial charge < -0.3 is 15.7 Å². The van der Waals surface area contributed by atoms with Gasteiger partial charge >= 0.3 is 0 Å². The SMILES string of the molecule is CC(=O)O.O=C1CC(Nc2ccc(Br)cc2)CCN1. The third kappa shape index (κ3) is 6.81. The van der Waals surface area contributed by atoms with Gasteiger partial charge in [0, 0.05) is 36.1 Å². The largest absolute Gasteiger partial charge is 0.481 e. The van der Waals surface area contributed by atoms with Crippen molar-refractivity contribution in [2.45, 2.75) is 25.8 Å². The van der Waals surface area contributed by atoms with E-state index in [0.29, 0.717) is 6.42 Å². The molecule has 0 aromatic heterocycles. The summed E-state index contributed by atoms with van der Waals surface area (Å²) < 4.78 is 1.06. The maximum Gasteiger partial charge on any atom is 0.300 e. The molecule has 104 valence electrons. The zero-order valence-corrected chi connectivity index (χ0v) is 12.2. The predicted molar refractivity (Wildman–Crippen MR) is 77.1 cm³/mol. The lowest BCUT2D eigenvalue weighted by Gasteiger charge is -2.24. The summed E-state index contributed by atoms with van der Waals surface area (Å²) in [5.74, 6) is -0.698. The van der Waals surface area contributed by atoms with Crippen LogP contribution in [0.4, 0.5) is 5.69 Å². The third-order valence-corrected chi connectivity index (χ3v) is 2.99. The maximum absolute atomic E-state index is 11.2. The standard InChI is InChI=1S/C11H13BrN2O.C2H4O2/c12-8-1-3-9(4-2-8)14-10-5-6-13-11(15)7-10;1-2(3)4/h1-4,10,14H,5-7H2,(H,13,15);1H3,(H,3,4). The number of amides is 1. The number of aliphatic carboxylic acids is 1. The molecule has 0 radical (unpaired) electrons. The highest BCUT2D eigenvalue weighted by molar-refractivity contribution is 9.10. The van der Waals surface area contributed by atoms with Crippen LogP contribution in [0.3, 0.4) is 0 Å². The van der Waals surface area contributed by atoms with Crippen LogP contribution in [0.5, 0.6) is 0 Å². The molecule has 1 aromatic rings. The zero-order valence-electron chi connectivity index (χ0n) is 10.6. The molecule has 0 aliphatic carbocycles. The normalized spacial score (nSPS) is 17.8. The van der Waals surface area contributed by atoms with Crippen LogP contribution in [0.15, 0.2) is 28.7 Å². The number of hydrogen-bond acceptors (Lipinski definition) is 3. The van der Waals surface area contributed by atoms with Crippen LogP contribution in [0.25, 0.3) is 0 Å². The Labute approximate surface area is 120 Å².